The molecule has 122 valence electrons. The highest BCUT2D eigenvalue weighted by molar-refractivity contribution is 8.00. The Morgan fingerprint density at radius 3 is 2.62 bits per heavy atom. The van der Waals surface area contributed by atoms with Crippen molar-refractivity contribution >= 4 is 40.7 Å². The average molecular weight is 340 g/mol. The Morgan fingerprint density at radius 2 is 1.92 bits per heavy atom. The van der Waals surface area contributed by atoms with E-state index in [0.29, 0.717) is 17.7 Å². The third kappa shape index (κ3) is 3.83. The first-order chi connectivity index (χ1) is 11.5. The molecule has 0 atom stereocenters. The molecule has 24 heavy (non-hydrogen) atoms. The molecule has 0 bridgehead atoms. The number of carbonyl (C=O) groups excluding carboxylic acids is 3. The number of carbonyl (C=O) groups is 3. The summed E-state index contributed by atoms with van der Waals surface area (Å²) in [5.41, 5.74) is 3.01. The fraction of sp³-hybridized carbons (Fsp3) is 0.167. The maximum atomic E-state index is 12.3. The lowest BCUT2D eigenvalue weighted by Crippen LogP contribution is -2.05. The van der Waals surface area contributed by atoms with E-state index in [4.69, 9.17) is 0 Å². The Kier molecular flexibility index (Phi) is 4.66. The first-order valence-corrected chi connectivity index (χ1v) is 8.46. The van der Waals surface area contributed by atoms with Gasteiger partial charge in [0.15, 0.2) is 5.78 Å². The molecule has 0 fully saturated rings. The van der Waals surface area contributed by atoms with Crippen molar-refractivity contribution in [3.05, 3.63) is 53.6 Å². The number of hydrogen-bond donors (Lipinski definition) is 2. The predicted molar refractivity (Wildman–Crippen MR) is 94.6 cm³/mol. The number of thioether (sulfide) groups is 1. The molecule has 1 heterocycles. The van der Waals surface area contributed by atoms with E-state index in [1.165, 1.54) is 18.7 Å². The van der Waals surface area contributed by atoms with Gasteiger partial charge < -0.3 is 10.6 Å². The quantitative estimate of drug-likeness (QED) is 0.648. The van der Waals surface area contributed by atoms with Crippen molar-refractivity contribution in [2.24, 2.45) is 0 Å². The number of rotatable bonds is 5. The van der Waals surface area contributed by atoms with Crippen molar-refractivity contribution in [2.75, 3.05) is 16.4 Å². The standard InChI is InChI=1S/C18H16N2O3S/c1-11(21)19-14-3-5-15(6-4-14)24-10-17(22)12-2-7-16-13(8-12)9-18(23)20-16/h2-8H,9-10H2,1H3,(H,19,21)(H,20,23). The third-order valence-electron chi connectivity index (χ3n) is 3.60. The zero-order valence-electron chi connectivity index (χ0n) is 13.1. The summed E-state index contributed by atoms with van der Waals surface area (Å²) in [6.45, 7) is 1.46. The first-order valence-electron chi connectivity index (χ1n) is 7.48. The summed E-state index contributed by atoms with van der Waals surface area (Å²) >= 11 is 1.44. The second kappa shape index (κ2) is 6.88. The molecule has 2 aromatic rings. The van der Waals surface area contributed by atoms with Crippen molar-refractivity contribution in [1.29, 1.82) is 0 Å². The Balaban J connectivity index is 1.60. The van der Waals surface area contributed by atoms with Crippen molar-refractivity contribution < 1.29 is 14.4 Å². The molecule has 6 heteroatoms. The third-order valence-corrected chi connectivity index (χ3v) is 4.61. The second-order valence-corrected chi connectivity index (χ2v) is 6.56. The maximum Gasteiger partial charge on any atom is 0.228 e. The molecule has 0 saturated carbocycles. The van der Waals surface area contributed by atoms with Gasteiger partial charge in [-0.25, -0.2) is 0 Å². The van der Waals surface area contributed by atoms with E-state index in [1.807, 2.05) is 12.1 Å². The Hall–Kier alpha value is -2.60. The molecule has 2 aromatic carbocycles. The van der Waals surface area contributed by atoms with E-state index in [2.05, 4.69) is 10.6 Å². The normalized spacial score (nSPS) is 12.5. The second-order valence-electron chi connectivity index (χ2n) is 5.51. The summed E-state index contributed by atoms with van der Waals surface area (Å²) in [6.07, 6.45) is 0.328. The van der Waals surface area contributed by atoms with Gasteiger partial charge in [0.2, 0.25) is 11.8 Å². The van der Waals surface area contributed by atoms with Gasteiger partial charge in [0.05, 0.1) is 12.2 Å². The van der Waals surface area contributed by atoms with E-state index in [9.17, 15) is 14.4 Å². The van der Waals surface area contributed by atoms with Crippen molar-refractivity contribution in [1.82, 2.24) is 0 Å². The van der Waals surface area contributed by atoms with E-state index in [-0.39, 0.29) is 17.6 Å². The monoisotopic (exact) mass is 340 g/mol. The van der Waals surface area contributed by atoms with Gasteiger partial charge >= 0.3 is 0 Å². The van der Waals surface area contributed by atoms with Crippen molar-refractivity contribution in [3.63, 3.8) is 0 Å². The number of amides is 2. The molecule has 0 aliphatic carbocycles. The van der Waals surface area contributed by atoms with Crippen LogP contribution in [0.3, 0.4) is 0 Å². The van der Waals surface area contributed by atoms with Gasteiger partial charge in [-0.2, -0.15) is 0 Å². The summed E-state index contributed by atoms with van der Waals surface area (Å²) in [5, 5.41) is 5.46. The Labute approximate surface area is 143 Å². The van der Waals surface area contributed by atoms with Gasteiger partial charge in [-0.1, -0.05) is 0 Å². The molecule has 2 N–H and O–H groups in total. The highest BCUT2D eigenvalue weighted by Gasteiger charge is 2.19. The molecule has 1 aliphatic rings. The van der Waals surface area contributed by atoms with Crippen LogP contribution in [0.5, 0.6) is 0 Å². The Morgan fingerprint density at radius 1 is 1.17 bits per heavy atom. The van der Waals surface area contributed by atoms with E-state index >= 15 is 0 Å². The van der Waals surface area contributed by atoms with E-state index < -0.39 is 0 Å². The number of hydrogen-bond acceptors (Lipinski definition) is 4. The van der Waals surface area contributed by atoms with Crippen LogP contribution in [0.25, 0.3) is 0 Å². The minimum Gasteiger partial charge on any atom is -0.326 e. The molecular weight excluding hydrogens is 324 g/mol. The molecule has 3 rings (SSSR count). The number of nitrogens with one attached hydrogen (secondary N) is 2. The van der Waals surface area contributed by atoms with E-state index in [1.54, 1.807) is 30.3 Å². The number of Topliss-reactive ketones (excluding diaryl/α,β-unsaturated/α-hetero) is 1. The SMILES string of the molecule is CC(=O)Nc1ccc(SCC(=O)c2ccc3c(c2)CC(=O)N3)cc1. The van der Waals surface area contributed by atoms with Crippen LogP contribution < -0.4 is 10.6 Å². The van der Waals surface area contributed by atoms with E-state index in [0.717, 1.165) is 21.8 Å². The van der Waals surface area contributed by atoms with Gasteiger partial charge in [0.25, 0.3) is 0 Å². The fourth-order valence-electron chi connectivity index (χ4n) is 2.47. The van der Waals surface area contributed by atoms with Crippen molar-refractivity contribution in [3.8, 4) is 0 Å². The molecule has 0 aromatic heterocycles. The predicted octanol–water partition coefficient (Wildman–Crippen LogP) is 3.11. The molecule has 0 spiro atoms. The highest BCUT2D eigenvalue weighted by atomic mass is 32.2. The van der Waals surface area contributed by atoms with Crippen LogP contribution in [0.1, 0.15) is 22.8 Å². The average Bonchev–Trinajstić information content (AvgIpc) is 2.92. The topological polar surface area (TPSA) is 75.3 Å². The maximum absolute atomic E-state index is 12.3. The largest absolute Gasteiger partial charge is 0.326 e. The van der Waals surface area contributed by atoms with Gasteiger partial charge in [-0.15, -0.1) is 11.8 Å². The molecule has 0 radical (unpaired) electrons. The number of fused-ring (bicyclic) bond motifs is 1. The van der Waals surface area contributed by atoms with Crippen LogP contribution in [0.4, 0.5) is 11.4 Å². The molecule has 1 aliphatic heterocycles. The van der Waals surface area contributed by atoms with Gasteiger partial charge in [0.1, 0.15) is 0 Å². The van der Waals surface area contributed by atoms with Crippen LogP contribution in [0.2, 0.25) is 0 Å². The summed E-state index contributed by atoms with van der Waals surface area (Å²) in [4.78, 5) is 35.6. The van der Waals surface area contributed by atoms with Crippen molar-refractivity contribution in [2.45, 2.75) is 18.2 Å². The minimum atomic E-state index is -0.116. The lowest BCUT2D eigenvalue weighted by Gasteiger charge is -2.06. The summed E-state index contributed by atoms with van der Waals surface area (Å²) in [5.74, 6) is 0.186. The number of anilines is 2. The Bertz CT molecular complexity index is 816. The fourth-order valence-corrected chi connectivity index (χ4v) is 3.27. The zero-order valence-corrected chi connectivity index (χ0v) is 13.9. The van der Waals surface area contributed by atoms with Crippen LogP contribution >= 0.6 is 11.8 Å². The van der Waals surface area contributed by atoms with Crippen LogP contribution in [-0.2, 0) is 16.0 Å². The lowest BCUT2D eigenvalue weighted by atomic mass is 10.1. The highest BCUT2D eigenvalue weighted by Crippen LogP contribution is 2.26. The minimum absolute atomic E-state index is 0.0214. The van der Waals surface area contributed by atoms with Crippen LogP contribution in [0.15, 0.2) is 47.4 Å². The molecule has 5 nitrogen and oxygen atoms in total. The summed E-state index contributed by atoms with van der Waals surface area (Å²) in [7, 11) is 0. The number of benzene rings is 2. The smallest absolute Gasteiger partial charge is 0.228 e. The zero-order chi connectivity index (χ0) is 17.1. The molecule has 0 unspecified atom stereocenters. The summed E-state index contributed by atoms with van der Waals surface area (Å²) < 4.78 is 0. The lowest BCUT2D eigenvalue weighted by molar-refractivity contribution is -0.115. The van der Waals surface area contributed by atoms with Crippen LogP contribution in [-0.4, -0.2) is 23.4 Å². The van der Waals surface area contributed by atoms with Gasteiger partial charge in [0, 0.05) is 28.8 Å². The van der Waals surface area contributed by atoms with Gasteiger partial charge in [-0.05, 0) is 48.0 Å². The van der Waals surface area contributed by atoms with Gasteiger partial charge in [-0.3, -0.25) is 14.4 Å². The molecule has 2 amide bonds. The molecule has 0 saturated heterocycles. The van der Waals surface area contributed by atoms with Crippen LogP contribution in [0, 0.1) is 0 Å². The summed E-state index contributed by atoms with van der Waals surface area (Å²) in [6, 6.07) is 12.7. The first kappa shape index (κ1) is 16.3. The molecular formula is C18H16N2O3S. The number of ketones is 1.